The third-order valence-electron chi connectivity index (χ3n) is 4.84. The molecule has 136 valence electrons. The van der Waals surface area contributed by atoms with E-state index in [9.17, 15) is 4.79 Å². The number of hydrogen-bond acceptors (Lipinski definition) is 3. The van der Waals surface area contributed by atoms with Crippen LogP contribution in [0.15, 0.2) is 78.9 Å². The Balaban J connectivity index is 1.30. The van der Waals surface area contributed by atoms with Crippen LogP contribution in [-0.2, 0) is 4.74 Å². The van der Waals surface area contributed by atoms with Crippen molar-refractivity contribution >= 4 is 11.8 Å². The molecule has 0 spiro atoms. The third kappa shape index (κ3) is 3.80. The van der Waals surface area contributed by atoms with Crippen molar-refractivity contribution in [2.24, 2.45) is 0 Å². The van der Waals surface area contributed by atoms with Gasteiger partial charge in [-0.05, 0) is 34.4 Å². The molecule has 1 amide bonds. The molecule has 4 rings (SSSR count). The van der Waals surface area contributed by atoms with Crippen LogP contribution >= 0.6 is 0 Å². The molecule has 0 heterocycles. The zero-order chi connectivity index (χ0) is 18.5. The van der Waals surface area contributed by atoms with Crippen molar-refractivity contribution in [3.8, 4) is 11.1 Å². The predicted molar refractivity (Wildman–Crippen MR) is 108 cm³/mol. The van der Waals surface area contributed by atoms with Crippen LogP contribution in [0.3, 0.4) is 0 Å². The maximum absolute atomic E-state index is 12.1. The quantitative estimate of drug-likeness (QED) is 0.631. The molecule has 0 radical (unpaired) electrons. The number of rotatable bonds is 6. The van der Waals surface area contributed by atoms with Gasteiger partial charge < -0.3 is 15.4 Å². The fraction of sp³-hybridized carbons (Fsp3) is 0.174. The molecular weight excluding hydrogens is 336 g/mol. The van der Waals surface area contributed by atoms with Gasteiger partial charge in [-0.15, -0.1) is 0 Å². The minimum Gasteiger partial charge on any atom is -0.449 e. The molecule has 27 heavy (non-hydrogen) atoms. The number of ether oxygens (including phenoxy) is 1. The van der Waals surface area contributed by atoms with Crippen molar-refractivity contribution in [3.63, 3.8) is 0 Å². The Morgan fingerprint density at radius 3 is 2.04 bits per heavy atom. The van der Waals surface area contributed by atoms with Gasteiger partial charge in [-0.3, -0.25) is 0 Å². The molecule has 0 aliphatic heterocycles. The van der Waals surface area contributed by atoms with Crippen LogP contribution < -0.4 is 10.6 Å². The summed E-state index contributed by atoms with van der Waals surface area (Å²) in [6.07, 6.45) is -0.383. The number of carbonyl (C=O) groups excluding carboxylic acids is 1. The van der Waals surface area contributed by atoms with Crippen molar-refractivity contribution in [3.05, 3.63) is 90.0 Å². The minimum absolute atomic E-state index is 0.0885. The van der Waals surface area contributed by atoms with E-state index in [0.717, 1.165) is 5.69 Å². The summed E-state index contributed by atoms with van der Waals surface area (Å²) in [5.41, 5.74) is 5.93. The van der Waals surface area contributed by atoms with Gasteiger partial charge in [-0.1, -0.05) is 66.7 Å². The molecule has 2 N–H and O–H groups in total. The van der Waals surface area contributed by atoms with Crippen LogP contribution in [0, 0.1) is 0 Å². The summed E-state index contributed by atoms with van der Waals surface area (Å²) in [5, 5.41) is 6.05. The zero-order valence-corrected chi connectivity index (χ0v) is 15.0. The number of hydrogen-bond donors (Lipinski definition) is 2. The Kier molecular flexibility index (Phi) is 5.06. The highest BCUT2D eigenvalue weighted by molar-refractivity contribution is 5.79. The topological polar surface area (TPSA) is 50.4 Å². The van der Waals surface area contributed by atoms with Crippen LogP contribution in [0.2, 0.25) is 0 Å². The van der Waals surface area contributed by atoms with Crippen LogP contribution in [0.25, 0.3) is 11.1 Å². The van der Waals surface area contributed by atoms with Gasteiger partial charge >= 0.3 is 6.09 Å². The van der Waals surface area contributed by atoms with Crippen molar-refractivity contribution in [1.29, 1.82) is 0 Å². The summed E-state index contributed by atoms with van der Waals surface area (Å²) in [6.45, 7) is 1.49. The minimum atomic E-state index is -0.383. The van der Waals surface area contributed by atoms with E-state index in [1.165, 1.54) is 22.3 Å². The SMILES string of the molecule is O=C(NCCNc1ccccc1)OCC1c2ccccc2-c2ccccc21. The normalized spacial score (nSPS) is 12.1. The Morgan fingerprint density at radius 2 is 1.37 bits per heavy atom. The number of carbonyl (C=O) groups is 1. The first kappa shape index (κ1) is 17.2. The van der Waals surface area contributed by atoms with Crippen LogP contribution in [-0.4, -0.2) is 25.8 Å². The number of alkyl carbamates (subject to hydrolysis) is 1. The van der Waals surface area contributed by atoms with Gasteiger partial charge in [0.25, 0.3) is 0 Å². The van der Waals surface area contributed by atoms with Crippen molar-refractivity contribution < 1.29 is 9.53 Å². The van der Waals surface area contributed by atoms with Crippen molar-refractivity contribution in [2.45, 2.75) is 5.92 Å². The molecule has 1 aliphatic carbocycles. The smallest absolute Gasteiger partial charge is 0.407 e. The molecule has 0 aromatic heterocycles. The molecular formula is C23H22N2O2. The lowest BCUT2D eigenvalue weighted by molar-refractivity contribution is 0.143. The largest absolute Gasteiger partial charge is 0.449 e. The predicted octanol–water partition coefficient (Wildman–Crippen LogP) is 4.64. The molecule has 4 heteroatoms. The third-order valence-corrected chi connectivity index (χ3v) is 4.84. The lowest BCUT2D eigenvalue weighted by Gasteiger charge is -2.14. The van der Waals surface area contributed by atoms with Gasteiger partial charge in [0.15, 0.2) is 0 Å². The van der Waals surface area contributed by atoms with Crippen LogP contribution in [0.1, 0.15) is 17.0 Å². The summed E-state index contributed by atoms with van der Waals surface area (Å²) in [6, 6.07) is 26.6. The molecule has 0 saturated heterocycles. The number of benzene rings is 3. The first-order valence-electron chi connectivity index (χ1n) is 9.21. The molecule has 3 aromatic rings. The standard InChI is InChI=1S/C23H22N2O2/c26-23(25-15-14-24-17-8-2-1-3-9-17)27-16-22-20-12-6-4-10-18(20)19-11-5-7-13-21(19)22/h1-13,22,24H,14-16H2,(H,25,26). The average molecular weight is 358 g/mol. The second-order valence-corrected chi connectivity index (χ2v) is 6.55. The first-order valence-corrected chi connectivity index (χ1v) is 9.21. The summed E-state index contributed by atoms with van der Waals surface area (Å²) in [4.78, 5) is 12.1. The van der Waals surface area contributed by atoms with Crippen molar-refractivity contribution in [2.75, 3.05) is 25.0 Å². The second kappa shape index (κ2) is 7.96. The molecule has 0 fully saturated rings. The Labute approximate surface area is 159 Å². The molecule has 4 nitrogen and oxygen atoms in total. The molecule has 0 bridgehead atoms. The fourth-order valence-corrected chi connectivity index (χ4v) is 3.58. The van der Waals surface area contributed by atoms with Crippen LogP contribution in [0.4, 0.5) is 10.5 Å². The molecule has 1 aliphatic rings. The van der Waals surface area contributed by atoms with Gasteiger partial charge in [0.2, 0.25) is 0 Å². The van der Waals surface area contributed by atoms with E-state index in [2.05, 4.69) is 34.9 Å². The lowest BCUT2D eigenvalue weighted by Crippen LogP contribution is -2.30. The summed E-state index contributed by atoms with van der Waals surface area (Å²) in [5.74, 6) is 0.0885. The Morgan fingerprint density at radius 1 is 0.778 bits per heavy atom. The first-order chi connectivity index (χ1) is 13.3. The summed E-state index contributed by atoms with van der Waals surface area (Å²) in [7, 11) is 0. The van der Waals surface area contributed by atoms with Crippen LogP contribution in [0.5, 0.6) is 0 Å². The van der Waals surface area contributed by atoms with E-state index in [1.54, 1.807) is 0 Å². The number of para-hydroxylation sites is 1. The highest BCUT2D eigenvalue weighted by atomic mass is 16.5. The fourth-order valence-electron chi connectivity index (χ4n) is 3.58. The van der Waals surface area contributed by atoms with Gasteiger partial charge in [0, 0.05) is 24.7 Å². The van der Waals surface area contributed by atoms with E-state index >= 15 is 0 Å². The molecule has 0 unspecified atom stereocenters. The number of amides is 1. The van der Waals surface area contributed by atoms with Gasteiger partial charge in [0.05, 0.1) is 0 Å². The Bertz CT molecular complexity index is 879. The summed E-state index contributed by atoms with van der Waals surface area (Å²) < 4.78 is 5.51. The van der Waals surface area contributed by atoms with E-state index < -0.39 is 0 Å². The molecule has 0 saturated carbocycles. The van der Waals surface area contributed by atoms with Gasteiger partial charge in [-0.25, -0.2) is 4.79 Å². The number of fused-ring (bicyclic) bond motifs is 3. The zero-order valence-electron chi connectivity index (χ0n) is 15.0. The maximum Gasteiger partial charge on any atom is 0.407 e. The summed E-state index contributed by atoms with van der Waals surface area (Å²) >= 11 is 0. The van der Waals surface area contributed by atoms with E-state index in [-0.39, 0.29) is 12.0 Å². The highest BCUT2D eigenvalue weighted by Crippen LogP contribution is 2.44. The van der Waals surface area contributed by atoms with Gasteiger partial charge in [-0.2, -0.15) is 0 Å². The highest BCUT2D eigenvalue weighted by Gasteiger charge is 2.28. The maximum atomic E-state index is 12.1. The van der Waals surface area contributed by atoms with E-state index in [4.69, 9.17) is 4.74 Å². The molecule has 0 atom stereocenters. The molecule has 3 aromatic carbocycles. The van der Waals surface area contributed by atoms with E-state index in [0.29, 0.717) is 19.7 Å². The number of nitrogens with one attached hydrogen (secondary N) is 2. The van der Waals surface area contributed by atoms with E-state index in [1.807, 2.05) is 54.6 Å². The average Bonchev–Trinajstić information content (AvgIpc) is 3.04. The lowest BCUT2D eigenvalue weighted by atomic mass is 9.98. The number of anilines is 1. The van der Waals surface area contributed by atoms with Gasteiger partial charge in [0.1, 0.15) is 6.61 Å². The monoisotopic (exact) mass is 358 g/mol. The van der Waals surface area contributed by atoms with Crippen molar-refractivity contribution in [1.82, 2.24) is 5.32 Å². The second-order valence-electron chi connectivity index (χ2n) is 6.55. The Hall–Kier alpha value is -3.27.